The van der Waals surface area contributed by atoms with E-state index in [1.165, 1.54) is 37.0 Å². The topological polar surface area (TPSA) is 30.7 Å². The molecule has 2 aromatic rings. The van der Waals surface area contributed by atoms with Gasteiger partial charge in [-0.25, -0.2) is 9.97 Å². The third-order valence-electron chi connectivity index (χ3n) is 4.48. The van der Waals surface area contributed by atoms with E-state index in [1.807, 2.05) is 33.9 Å². The highest BCUT2D eigenvalue weighted by Gasteiger charge is 2.25. The predicted molar refractivity (Wildman–Crippen MR) is 113 cm³/mol. The fourth-order valence-electron chi connectivity index (χ4n) is 3.58. The number of halogens is 1. The van der Waals surface area contributed by atoms with Gasteiger partial charge in [-0.2, -0.15) is 0 Å². The largest absolute Gasteiger partial charge is 0.325 e. The molecular weight excluding hydrogens is 374 g/mol. The summed E-state index contributed by atoms with van der Waals surface area (Å²) in [7, 11) is 0. The van der Waals surface area contributed by atoms with Crippen molar-refractivity contribution >= 4 is 27.0 Å². The van der Waals surface area contributed by atoms with E-state index < -0.39 is 0 Å². The van der Waals surface area contributed by atoms with Crippen LogP contribution in [0.15, 0.2) is 16.9 Å². The van der Waals surface area contributed by atoms with Gasteiger partial charge < -0.3 is 4.57 Å². The highest BCUT2D eigenvalue weighted by molar-refractivity contribution is 9.10. The van der Waals surface area contributed by atoms with E-state index in [4.69, 9.17) is 4.98 Å². The van der Waals surface area contributed by atoms with Gasteiger partial charge in [0.25, 0.3) is 0 Å². The predicted octanol–water partition coefficient (Wildman–Crippen LogP) is 7.20. The van der Waals surface area contributed by atoms with E-state index in [2.05, 4.69) is 52.3 Å². The molecule has 1 saturated carbocycles. The van der Waals surface area contributed by atoms with Crippen LogP contribution in [0.1, 0.15) is 86.0 Å². The maximum atomic E-state index is 4.87. The van der Waals surface area contributed by atoms with Crippen LogP contribution in [0.2, 0.25) is 0 Å². The van der Waals surface area contributed by atoms with E-state index in [-0.39, 0.29) is 0 Å². The fraction of sp³-hybridized carbons (Fsp3) is 0.714. The molecule has 1 fully saturated rings. The van der Waals surface area contributed by atoms with Crippen LogP contribution < -0.4 is 0 Å². The van der Waals surface area contributed by atoms with Crippen molar-refractivity contribution in [2.75, 3.05) is 0 Å². The lowest BCUT2D eigenvalue weighted by atomic mass is 9.86. The highest BCUT2D eigenvalue weighted by atomic mass is 79.9. The Morgan fingerprint density at radius 1 is 1.20 bits per heavy atom. The van der Waals surface area contributed by atoms with E-state index in [0.717, 1.165) is 22.5 Å². The second-order valence-electron chi connectivity index (χ2n) is 6.92. The molecule has 1 aliphatic rings. The molecule has 142 valence electrons. The van der Waals surface area contributed by atoms with Gasteiger partial charge in [-0.1, -0.05) is 61.3 Å². The summed E-state index contributed by atoms with van der Waals surface area (Å²) in [5, 5.41) is 0. The van der Waals surface area contributed by atoms with Crippen LogP contribution in [-0.4, -0.2) is 14.5 Å². The summed E-state index contributed by atoms with van der Waals surface area (Å²) in [6.45, 7) is 14.9. The number of hydrogen-bond acceptors (Lipinski definition) is 2. The number of rotatable bonds is 3. The molecule has 0 radical (unpaired) electrons. The molecule has 2 aromatic heterocycles. The van der Waals surface area contributed by atoms with Gasteiger partial charge in [0.1, 0.15) is 15.9 Å². The number of hydrogen-bond donors (Lipinski definition) is 0. The molecule has 0 aliphatic heterocycles. The minimum Gasteiger partial charge on any atom is -0.325 e. The van der Waals surface area contributed by atoms with Crippen LogP contribution in [0.3, 0.4) is 0 Å². The Morgan fingerprint density at radius 2 is 1.88 bits per heavy atom. The van der Waals surface area contributed by atoms with Gasteiger partial charge in [0.2, 0.25) is 0 Å². The molecule has 2 atom stereocenters. The lowest BCUT2D eigenvalue weighted by Gasteiger charge is -2.29. The van der Waals surface area contributed by atoms with Gasteiger partial charge in [-0.05, 0) is 46.7 Å². The summed E-state index contributed by atoms with van der Waals surface area (Å²) in [5.41, 5.74) is 2.28. The summed E-state index contributed by atoms with van der Waals surface area (Å²) in [6, 6.07) is 2.73. The zero-order valence-corrected chi connectivity index (χ0v) is 18.7. The lowest BCUT2D eigenvalue weighted by molar-refractivity contribution is 0.281. The molecule has 0 aromatic carbocycles. The second-order valence-corrected chi connectivity index (χ2v) is 7.73. The third kappa shape index (κ3) is 5.80. The molecule has 0 bridgehead atoms. The van der Waals surface area contributed by atoms with Crippen LogP contribution in [0.25, 0.3) is 11.0 Å². The zero-order valence-electron chi connectivity index (χ0n) is 17.1. The number of pyridine rings is 1. The molecule has 25 heavy (non-hydrogen) atoms. The Morgan fingerprint density at radius 3 is 2.48 bits per heavy atom. The van der Waals surface area contributed by atoms with Crippen molar-refractivity contribution in [1.82, 2.24) is 14.5 Å². The first-order valence-electron chi connectivity index (χ1n) is 10.1. The van der Waals surface area contributed by atoms with Crippen LogP contribution in [0, 0.1) is 11.8 Å². The third-order valence-corrected chi connectivity index (χ3v) is 4.91. The number of aromatic nitrogens is 3. The molecule has 1 aliphatic carbocycles. The Kier molecular flexibility index (Phi) is 9.70. The molecule has 0 spiro atoms. The molecule has 0 N–H and O–H groups in total. The molecule has 3 nitrogen and oxygen atoms in total. The molecule has 4 heteroatoms. The number of imidazole rings is 1. The summed E-state index contributed by atoms with van der Waals surface area (Å²) >= 11 is 3.51. The lowest BCUT2D eigenvalue weighted by Crippen LogP contribution is -2.20. The summed E-state index contributed by atoms with van der Waals surface area (Å²) in [5.74, 6) is 2.68. The van der Waals surface area contributed by atoms with E-state index >= 15 is 0 Å². The van der Waals surface area contributed by atoms with Gasteiger partial charge >= 0.3 is 0 Å². The molecular formula is C21H36BrN3. The number of fused-ring (bicyclic) bond motifs is 1. The van der Waals surface area contributed by atoms with Gasteiger partial charge in [0, 0.05) is 12.5 Å². The smallest absolute Gasteiger partial charge is 0.110 e. The van der Waals surface area contributed by atoms with Gasteiger partial charge in [-0.3, -0.25) is 0 Å². The maximum Gasteiger partial charge on any atom is 0.110 e. The Bertz CT molecular complexity index is 633. The average molecular weight is 410 g/mol. The van der Waals surface area contributed by atoms with E-state index in [1.54, 1.807) is 0 Å². The molecule has 3 rings (SSSR count). The van der Waals surface area contributed by atoms with Crippen molar-refractivity contribution in [2.24, 2.45) is 11.8 Å². The first-order valence-corrected chi connectivity index (χ1v) is 10.9. The molecule has 2 heterocycles. The minimum atomic E-state index is 0.599. The Balaban J connectivity index is 0.000000730. The van der Waals surface area contributed by atoms with Crippen LogP contribution in [0.4, 0.5) is 0 Å². The van der Waals surface area contributed by atoms with E-state index in [0.29, 0.717) is 12.0 Å². The summed E-state index contributed by atoms with van der Waals surface area (Å²) < 4.78 is 3.41. The van der Waals surface area contributed by atoms with Crippen LogP contribution in [-0.2, 0) is 6.42 Å². The van der Waals surface area contributed by atoms with E-state index in [9.17, 15) is 0 Å². The summed E-state index contributed by atoms with van der Waals surface area (Å²) in [4.78, 5) is 9.22. The second kappa shape index (κ2) is 10.9. The van der Waals surface area contributed by atoms with Gasteiger partial charge in [0.05, 0.1) is 11.7 Å². The molecule has 0 amide bonds. The first kappa shape index (κ1) is 22.1. The summed E-state index contributed by atoms with van der Waals surface area (Å²) in [6.07, 6.45) is 8.19. The SMILES string of the molecule is CC.CC.CC(C)Cc1nc2cnc(Br)cc2n1C1CCCC(C)C1. The van der Waals surface area contributed by atoms with Gasteiger partial charge in [-0.15, -0.1) is 0 Å². The first-order chi connectivity index (χ1) is 12.0. The van der Waals surface area contributed by atoms with Gasteiger partial charge in [0.15, 0.2) is 0 Å². The normalized spacial score (nSPS) is 19.9. The van der Waals surface area contributed by atoms with Crippen molar-refractivity contribution in [3.63, 3.8) is 0 Å². The van der Waals surface area contributed by atoms with Crippen LogP contribution in [0.5, 0.6) is 0 Å². The molecule has 0 saturated heterocycles. The molecule has 2 unspecified atom stereocenters. The van der Waals surface area contributed by atoms with Crippen molar-refractivity contribution in [3.8, 4) is 0 Å². The van der Waals surface area contributed by atoms with Crippen LogP contribution >= 0.6 is 15.9 Å². The average Bonchev–Trinajstić information content (AvgIpc) is 2.94. The zero-order chi connectivity index (χ0) is 19.0. The minimum absolute atomic E-state index is 0.599. The highest BCUT2D eigenvalue weighted by Crippen LogP contribution is 2.36. The van der Waals surface area contributed by atoms with Crippen molar-refractivity contribution in [1.29, 1.82) is 0 Å². The standard InChI is InChI=1S/C17H24BrN3.2C2H6/c1-11(2)7-17-20-14-10-19-16(18)9-15(14)21(17)13-6-4-5-12(3)8-13;2*1-2/h9-13H,4-8H2,1-3H3;2*1-2H3. The van der Waals surface area contributed by atoms with Crippen molar-refractivity contribution in [2.45, 2.75) is 86.6 Å². The Labute approximate surface area is 162 Å². The quantitative estimate of drug-likeness (QED) is 0.501. The maximum absolute atomic E-state index is 4.87. The van der Waals surface area contributed by atoms with Crippen molar-refractivity contribution < 1.29 is 0 Å². The Hall–Kier alpha value is -0.900. The van der Waals surface area contributed by atoms with Crippen molar-refractivity contribution in [3.05, 3.63) is 22.7 Å². The number of nitrogens with zero attached hydrogens (tertiary/aromatic N) is 3. The monoisotopic (exact) mass is 409 g/mol. The fourth-order valence-corrected chi connectivity index (χ4v) is 3.90.